The summed E-state index contributed by atoms with van der Waals surface area (Å²) in [4.78, 5) is 0. The van der Waals surface area contributed by atoms with Gasteiger partial charge in [-0.2, -0.15) is 0 Å². The Kier molecular flexibility index (Phi) is 2.35. The van der Waals surface area contributed by atoms with Crippen molar-refractivity contribution in [2.24, 2.45) is 5.41 Å². The molecule has 1 heterocycles. The quantitative estimate of drug-likeness (QED) is 0.782. The minimum atomic E-state index is 0.375. The van der Waals surface area contributed by atoms with Crippen molar-refractivity contribution in [3.63, 3.8) is 0 Å². The Bertz CT molecular complexity index is 317. The van der Waals surface area contributed by atoms with Crippen LogP contribution in [0.25, 0.3) is 0 Å². The zero-order valence-electron chi connectivity index (χ0n) is 9.13. The summed E-state index contributed by atoms with van der Waals surface area (Å²) in [5.41, 5.74) is 2.83. The Morgan fingerprint density at radius 2 is 2.43 bits per heavy atom. The summed E-state index contributed by atoms with van der Waals surface area (Å²) < 4.78 is 5.06. The van der Waals surface area contributed by atoms with Crippen LogP contribution in [0.5, 0.6) is 0 Å². The molecule has 0 saturated heterocycles. The van der Waals surface area contributed by atoms with Gasteiger partial charge in [-0.05, 0) is 25.3 Å². The first-order valence-electron chi connectivity index (χ1n) is 5.20. The molecule has 0 amide bonds. The second kappa shape index (κ2) is 3.39. The molecule has 1 aliphatic carbocycles. The lowest BCUT2D eigenvalue weighted by atomic mass is 9.71. The number of fused-ring (bicyclic) bond motifs is 1. The van der Waals surface area contributed by atoms with Crippen molar-refractivity contribution in [2.45, 2.75) is 32.6 Å². The Balaban J connectivity index is 2.28. The lowest BCUT2D eigenvalue weighted by molar-refractivity contribution is 0.274. The average molecular weight is 194 g/mol. The fraction of sp³-hybridized carbons (Fsp3) is 0.727. The van der Waals surface area contributed by atoms with Gasteiger partial charge in [0.1, 0.15) is 6.26 Å². The first-order chi connectivity index (χ1) is 6.62. The predicted molar refractivity (Wildman–Crippen MR) is 55.3 cm³/mol. The highest BCUT2D eigenvalue weighted by Gasteiger charge is 2.34. The van der Waals surface area contributed by atoms with Gasteiger partial charge in [-0.15, -0.1) is 0 Å². The fourth-order valence-electron chi connectivity index (χ4n) is 2.50. The molecule has 0 fully saturated rings. The van der Waals surface area contributed by atoms with Gasteiger partial charge in [-0.25, -0.2) is 0 Å². The van der Waals surface area contributed by atoms with E-state index in [0.29, 0.717) is 11.3 Å². The van der Waals surface area contributed by atoms with Gasteiger partial charge in [0, 0.05) is 18.0 Å². The summed E-state index contributed by atoms with van der Waals surface area (Å²) in [7, 11) is 1.99. The molecule has 3 heteroatoms. The number of hydrogen-bond acceptors (Lipinski definition) is 3. The largest absolute Gasteiger partial charge is 0.364 e. The summed E-state index contributed by atoms with van der Waals surface area (Å²) in [6.45, 7) is 5.61. The molecule has 2 rings (SSSR count). The van der Waals surface area contributed by atoms with E-state index in [-0.39, 0.29) is 0 Å². The maximum absolute atomic E-state index is 5.06. The number of nitrogens with one attached hydrogen (secondary N) is 1. The van der Waals surface area contributed by atoms with E-state index >= 15 is 0 Å². The van der Waals surface area contributed by atoms with Gasteiger partial charge in [0.15, 0.2) is 0 Å². The van der Waals surface area contributed by atoms with Crippen molar-refractivity contribution in [1.29, 1.82) is 0 Å². The van der Waals surface area contributed by atoms with Crippen LogP contribution in [0.2, 0.25) is 0 Å². The van der Waals surface area contributed by atoms with Gasteiger partial charge in [-0.3, -0.25) is 0 Å². The van der Waals surface area contributed by atoms with Crippen molar-refractivity contribution in [2.75, 3.05) is 13.6 Å². The van der Waals surface area contributed by atoms with Crippen molar-refractivity contribution in [1.82, 2.24) is 10.5 Å². The van der Waals surface area contributed by atoms with Gasteiger partial charge < -0.3 is 9.84 Å². The number of rotatable bonds is 2. The molecular weight excluding hydrogens is 176 g/mol. The summed E-state index contributed by atoms with van der Waals surface area (Å²) in [5.74, 6) is 0.512. The lowest BCUT2D eigenvalue weighted by Crippen LogP contribution is -2.30. The molecule has 0 aromatic carbocycles. The van der Waals surface area contributed by atoms with Crippen LogP contribution in [0.1, 0.15) is 37.4 Å². The van der Waals surface area contributed by atoms with E-state index in [2.05, 4.69) is 24.3 Å². The second-order valence-electron chi connectivity index (χ2n) is 5.02. The summed E-state index contributed by atoms with van der Waals surface area (Å²) in [5, 5.41) is 7.33. The molecule has 0 radical (unpaired) electrons. The molecule has 0 spiro atoms. The monoisotopic (exact) mass is 194 g/mol. The standard InChI is InChI=1S/C11H18N2O/c1-11(2)4-8(6-12-3)10-9(5-11)7-14-13-10/h7-8,12H,4-6H2,1-3H3. The summed E-state index contributed by atoms with van der Waals surface area (Å²) in [6.07, 6.45) is 4.08. The number of nitrogens with zero attached hydrogens (tertiary/aromatic N) is 1. The molecule has 0 aliphatic heterocycles. The van der Waals surface area contributed by atoms with Crippen molar-refractivity contribution < 1.29 is 4.52 Å². The van der Waals surface area contributed by atoms with Crippen LogP contribution in [0.15, 0.2) is 10.8 Å². The molecule has 1 unspecified atom stereocenters. The van der Waals surface area contributed by atoms with Crippen LogP contribution in [0.4, 0.5) is 0 Å². The highest BCUT2D eigenvalue weighted by atomic mass is 16.5. The third kappa shape index (κ3) is 1.69. The van der Waals surface area contributed by atoms with Crippen molar-refractivity contribution in [3.8, 4) is 0 Å². The zero-order valence-corrected chi connectivity index (χ0v) is 9.13. The topological polar surface area (TPSA) is 38.1 Å². The van der Waals surface area contributed by atoms with Crippen LogP contribution in [0, 0.1) is 5.41 Å². The van der Waals surface area contributed by atoms with Crippen LogP contribution < -0.4 is 5.32 Å². The summed E-state index contributed by atoms with van der Waals surface area (Å²) in [6, 6.07) is 0. The highest BCUT2D eigenvalue weighted by Crippen LogP contribution is 2.40. The molecule has 0 saturated carbocycles. The number of likely N-dealkylation sites (N-methyl/N-ethyl adjacent to an activating group) is 1. The predicted octanol–water partition coefficient (Wildman–Crippen LogP) is 1.95. The third-order valence-corrected chi connectivity index (χ3v) is 2.98. The maximum Gasteiger partial charge on any atom is 0.127 e. The van der Waals surface area contributed by atoms with Gasteiger partial charge >= 0.3 is 0 Å². The van der Waals surface area contributed by atoms with Gasteiger partial charge in [0.05, 0.1) is 5.69 Å². The Morgan fingerprint density at radius 3 is 3.14 bits per heavy atom. The van der Waals surface area contributed by atoms with E-state index in [1.54, 1.807) is 6.26 Å². The van der Waals surface area contributed by atoms with E-state index in [4.69, 9.17) is 4.52 Å². The molecule has 3 nitrogen and oxygen atoms in total. The zero-order chi connectivity index (χ0) is 10.2. The Labute approximate surface area is 84.9 Å². The second-order valence-corrected chi connectivity index (χ2v) is 5.02. The van der Waals surface area contributed by atoms with E-state index in [0.717, 1.165) is 13.0 Å². The molecule has 0 bridgehead atoms. The smallest absolute Gasteiger partial charge is 0.127 e. The Hall–Kier alpha value is -0.830. The third-order valence-electron chi connectivity index (χ3n) is 2.98. The molecule has 1 aliphatic rings. The minimum Gasteiger partial charge on any atom is -0.364 e. The SMILES string of the molecule is CNCC1CC(C)(C)Cc2conc21. The fourth-order valence-corrected chi connectivity index (χ4v) is 2.50. The lowest BCUT2D eigenvalue weighted by Gasteiger charge is -2.33. The summed E-state index contributed by atoms with van der Waals surface area (Å²) >= 11 is 0. The molecule has 78 valence electrons. The van der Waals surface area contributed by atoms with E-state index in [9.17, 15) is 0 Å². The average Bonchev–Trinajstić information content (AvgIpc) is 2.50. The van der Waals surface area contributed by atoms with E-state index < -0.39 is 0 Å². The van der Waals surface area contributed by atoms with Crippen LogP contribution >= 0.6 is 0 Å². The van der Waals surface area contributed by atoms with Gasteiger partial charge in [0.2, 0.25) is 0 Å². The highest BCUT2D eigenvalue weighted by molar-refractivity contribution is 5.25. The normalized spacial score (nSPS) is 24.6. The molecule has 1 aromatic heterocycles. The molecule has 1 atom stereocenters. The molecule has 14 heavy (non-hydrogen) atoms. The van der Waals surface area contributed by atoms with E-state index in [1.807, 2.05) is 7.05 Å². The molecule has 1 N–H and O–H groups in total. The van der Waals surface area contributed by atoms with Crippen LogP contribution in [0.3, 0.4) is 0 Å². The van der Waals surface area contributed by atoms with Crippen LogP contribution in [-0.2, 0) is 6.42 Å². The number of hydrogen-bond donors (Lipinski definition) is 1. The van der Waals surface area contributed by atoms with Gasteiger partial charge in [-0.1, -0.05) is 19.0 Å². The molecular formula is C11H18N2O. The molecule has 1 aromatic rings. The first kappa shape index (κ1) is 9.71. The first-order valence-corrected chi connectivity index (χ1v) is 5.20. The Morgan fingerprint density at radius 1 is 1.64 bits per heavy atom. The van der Waals surface area contributed by atoms with E-state index in [1.165, 1.54) is 17.7 Å². The van der Waals surface area contributed by atoms with Gasteiger partial charge in [0.25, 0.3) is 0 Å². The maximum atomic E-state index is 5.06. The number of aromatic nitrogens is 1. The van der Waals surface area contributed by atoms with Crippen molar-refractivity contribution in [3.05, 3.63) is 17.5 Å². The van der Waals surface area contributed by atoms with Crippen molar-refractivity contribution >= 4 is 0 Å². The minimum absolute atomic E-state index is 0.375. The van der Waals surface area contributed by atoms with Crippen LogP contribution in [-0.4, -0.2) is 18.7 Å².